The van der Waals surface area contributed by atoms with Gasteiger partial charge in [-0.3, -0.25) is 4.68 Å². The quantitative estimate of drug-likeness (QED) is 0.784. The van der Waals surface area contributed by atoms with E-state index < -0.39 is 0 Å². The molecule has 1 aromatic carbocycles. The van der Waals surface area contributed by atoms with Crippen molar-refractivity contribution in [2.45, 2.75) is 0 Å². The first-order valence-corrected chi connectivity index (χ1v) is 4.94. The summed E-state index contributed by atoms with van der Waals surface area (Å²) in [7, 11) is 1.80. The number of ether oxygens (including phenoxy) is 2. The number of anilines is 1. The Labute approximate surface area is 92.4 Å². The highest BCUT2D eigenvalue weighted by molar-refractivity contribution is 5.80. The minimum atomic E-state index is 0.256. The van der Waals surface area contributed by atoms with Gasteiger partial charge in [0.2, 0.25) is 6.79 Å². The molecule has 16 heavy (non-hydrogen) atoms. The van der Waals surface area contributed by atoms with E-state index in [1.807, 2.05) is 18.2 Å². The molecule has 0 bridgehead atoms. The van der Waals surface area contributed by atoms with Crippen molar-refractivity contribution < 1.29 is 9.47 Å². The number of nitrogens with zero attached hydrogens (tertiary/aromatic N) is 2. The lowest BCUT2D eigenvalue weighted by molar-refractivity contribution is 0.174. The summed E-state index contributed by atoms with van der Waals surface area (Å²) in [4.78, 5) is 0. The molecular weight excluding hydrogens is 206 g/mol. The van der Waals surface area contributed by atoms with E-state index in [0.717, 1.165) is 22.6 Å². The maximum Gasteiger partial charge on any atom is 0.231 e. The summed E-state index contributed by atoms with van der Waals surface area (Å²) in [5.41, 5.74) is 7.72. The average molecular weight is 217 g/mol. The molecule has 0 amide bonds. The van der Waals surface area contributed by atoms with Crippen molar-refractivity contribution in [1.29, 1.82) is 0 Å². The number of nitrogens with two attached hydrogens (primary N) is 1. The second kappa shape index (κ2) is 3.16. The summed E-state index contributed by atoms with van der Waals surface area (Å²) in [6.07, 6.45) is 1.73. The molecule has 5 heteroatoms. The van der Waals surface area contributed by atoms with Crippen molar-refractivity contribution in [3.8, 4) is 22.6 Å². The molecule has 5 nitrogen and oxygen atoms in total. The Kier molecular flexibility index (Phi) is 1.80. The van der Waals surface area contributed by atoms with Crippen LogP contribution in [0.1, 0.15) is 0 Å². The number of para-hydroxylation sites is 1. The van der Waals surface area contributed by atoms with Gasteiger partial charge in [-0.25, -0.2) is 0 Å². The Morgan fingerprint density at radius 2 is 2.19 bits per heavy atom. The summed E-state index contributed by atoms with van der Waals surface area (Å²) >= 11 is 0. The number of fused-ring (bicyclic) bond motifs is 1. The predicted octanol–water partition coefficient (Wildman–Crippen LogP) is 1.40. The van der Waals surface area contributed by atoms with E-state index in [-0.39, 0.29) is 6.79 Å². The SMILES string of the molecule is Cn1ncc(-c2cccc3c2OCO3)c1N. The van der Waals surface area contributed by atoms with Crippen LogP contribution in [0.25, 0.3) is 11.1 Å². The van der Waals surface area contributed by atoms with E-state index in [1.165, 1.54) is 0 Å². The lowest BCUT2D eigenvalue weighted by atomic mass is 10.1. The first-order chi connectivity index (χ1) is 7.77. The van der Waals surface area contributed by atoms with Crippen LogP contribution in [0.2, 0.25) is 0 Å². The highest BCUT2D eigenvalue weighted by Gasteiger charge is 2.20. The predicted molar refractivity (Wildman–Crippen MR) is 59.2 cm³/mol. The summed E-state index contributed by atoms with van der Waals surface area (Å²) in [5, 5.41) is 4.11. The minimum absolute atomic E-state index is 0.256. The van der Waals surface area contributed by atoms with Gasteiger partial charge in [0.05, 0.1) is 6.20 Å². The van der Waals surface area contributed by atoms with Gasteiger partial charge in [0.25, 0.3) is 0 Å². The smallest absolute Gasteiger partial charge is 0.231 e. The lowest BCUT2D eigenvalue weighted by Crippen LogP contribution is -1.98. The second-order valence-electron chi connectivity index (χ2n) is 3.61. The molecule has 1 aromatic heterocycles. The third-order valence-electron chi connectivity index (χ3n) is 2.67. The van der Waals surface area contributed by atoms with Crippen molar-refractivity contribution in [2.75, 3.05) is 12.5 Å². The van der Waals surface area contributed by atoms with E-state index in [0.29, 0.717) is 5.82 Å². The molecule has 3 rings (SSSR count). The van der Waals surface area contributed by atoms with Gasteiger partial charge in [-0.05, 0) is 6.07 Å². The van der Waals surface area contributed by atoms with Gasteiger partial charge >= 0.3 is 0 Å². The van der Waals surface area contributed by atoms with E-state index in [9.17, 15) is 0 Å². The molecule has 0 spiro atoms. The van der Waals surface area contributed by atoms with Crippen LogP contribution in [-0.4, -0.2) is 16.6 Å². The van der Waals surface area contributed by atoms with Crippen LogP contribution in [0.4, 0.5) is 5.82 Å². The van der Waals surface area contributed by atoms with Gasteiger partial charge in [0.15, 0.2) is 11.5 Å². The fraction of sp³-hybridized carbons (Fsp3) is 0.182. The normalized spacial score (nSPS) is 13.1. The topological polar surface area (TPSA) is 62.3 Å². The third-order valence-corrected chi connectivity index (χ3v) is 2.67. The summed E-state index contributed by atoms with van der Waals surface area (Å²) in [5.74, 6) is 2.10. The first-order valence-electron chi connectivity index (χ1n) is 4.94. The molecule has 82 valence electrons. The van der Waals surface area contributed by atoms with Crippen molar-refractivity contribution in [3.63, 3.8) is 0 Å². The second-order valence-corrected chi connectivity index (χ2v) is 3.61. The van der Waals surface area contributed by atoms with Gasteiger partial charge in [0, 0.05) is 18.2 Å². The van der Waals surface area contributed by atoms with Crippen molar-refractivity contribution in [1.82, 2.24) is 9.78 Å². The van der Waals surface area contributed by atoms with Crippen LogP contribution in [0, 0.1) is 0 Å². The van der Waals surface area contributed by atoms with E-state index in [1.54, 1.807) is 17.9 Å². The Morgan fingerprint density at radius 3 is 2.94 bits per heavy atom. The van der Waals surface area contributed by atoms with Gasteiger partial charge in [-0.15, -0.1) is 0 Å². The van der Waals surface area contributed by atoms with E-state index >= 15 is 0 Å². The third kappa shape index (κ3) is 1.14. The highest BCUT2D eigenvalue weighted by Crippen LogP contribution is 2.42. The molecule has 2 heterocycles. The largest absolute Gasteiger partial charge is 0.454 e. The van der Waals surface area contributed by atoms with Gasteiger partial charge in [-0.2, -0.15) is 5.10 Å². The minimum Gasteiger partial charge on any atom is -0.454 e. The van der Waals surface area contributed by atoms with E-state index in [4.69, 9.17) is 15.2 Å². The van der Waals surface area contributed by atoms with Crippen molar-refractivity contribution in [3.05, 3.63) is 24.4 Å². The molecule has 0 aliphatic carbocycles. The maximum absolute atomic E-state index is 5.93. The average Bonchev–Trinajstić information content (AvgIpc) is 2.87. The fourth-order valence-corrected chi connectivity index (χ4v) is 1.80. The highest BCUT2D eigenvalue weighted by atomic mass is 16.7. The first kappa shape index (κ1) is 9.08. The monoisotopic (exact) mass is 217 g/mol. The molecule has 0 saturated carbocycles. The molecule has 0 fully saturated rings. The molecule has 0 unspecified atom stereocenters. The maximum atomic E-state index is 5.93. The number of benzene rings is 1. The number of hydrogen-bond acceptors (Lipinski definition) is 4. The van der Waals surface area contributed by atoms with Crippen LogP contribution in [0.5, 0.6) is 11.5 Å². The Morgan fingerprint density at radius 1 is 1.31 bits per heavy atom. The Bertz CT molecular complexity index is 548. The van der Waals surface area contributed by atoms with Crippen molar-refractivity contribution >= 4 is 5.82 Å². The summed E-state index contributed by atoms with van der Waals surface area (Å²) in [6, 6.07) is 5.73. The van der Waals surface area contributed by atoms with Crippen LogP contribution in [0.15, 0.2) is 24.4 Å². The van der Waals surface area contributed by atoms with Gasteiger partial charge < -0.3 is 15.2 Å². The van der Waals surface area contributed by atoms with Gasteiger partial charge in [0.1, 0.15) is 5.82 Å². The number of hydrogen-bond donors (Lipinski definition) is 1. The zero-order valence-corrected chi connectivity index (χ0v) is 8.80. The van der Waals surface area contributed by atoms with Crippen LogP contribution in [0.3, 0.4) is 0 Å². The molecule has 2 N–H and O–H groups in total. The molecule has 0 saturated heterocycles. The molecule has 0 atom stereocenters. The summed E-state index contributed by atoms with van der Waals surface area (Å²) < 4.78 is 12.4. The standard InChI is InChI=1S/C11H11N3O2/c1-14-11(12)8(5-13-14)7-3-2-4-9-10(7)16-6-15-9/h2-5H,6,12H2,1H3. The number of aromatic nitrogens is 2. The lowest BCUT2D eigenvalue weighted by Gasteiger charge is -2.04. The van der Waals surface area contributed by atoms with Crippen LogP contribution >= 0.6 is 0 Å². The Hall–Kier alpha value is -2.17. The Balaban J connectivity index is 2.21. The summed E-state index contributed by atoms with van der Waals surface area (Å²) in [6.45, 7) is 0.256. The van der Waals surface area contributed by atoms with Gasteiger partial charge in [-0.1, -0.05) is 12.1 Å². The molecule has 2 aromatic rings. The fourth-order valence-electron chi connectivity index (χ4n) is 1.80. The number of rotatable bonds is 1. The number of aryl methyl sites for hydroxylation is 1. The van der Waals surface area contributed by atoms with E-state index in [2.05, 4.69) is 5.10 Å². The zero-order valence-electron chi connectivity index (χ0n) is 8.80. The number of nitrogen functional groups attached to an aromatic ring is 1. The molecule has 0 radical (unpaired) electrons. The van der Waals surface area contributed by atoms with Crippen molar-refractivity contribution in [2.24, 2.45) is 7.05 Å². The molecular formula is C11H11N3O2. The molecule has 1 aliphatic heterocycles. The zero-order chi connectivity index (χ0) is 11.1. The van der Waals surface area contributed by atoms with Crippen LogP contribution < -0.4 is 15.2 Å². The molecule has 1 aliphatic rings. The van der Waals surface area contributed by atoms with Crippen LogP contribution in [-0.2, 0) is 7.05 Å².